The van der Waals surface area contributed by atoms with Gasteiger partial charge in [0.15, 0.2) is 0 Å². The second-order valence-corrected chi connectivity index (χ2v) is 2.57. The van der Waals surface area contributed by atoms with Crippen LogP contribution in [0.5, 0.6) is 0 Å². The van der Waals surface area contributed by atoms with Gasteiger partial charge in [-0.2, -0.15) is 5.26 Å². The number of aliphatic imine (C=N–C) groups is 1. The van der Waals surface area contributed by atoms with Crippen LogP contribution in [0.15, 0.2) is 29.8 Å². The highest BCUT2D eigenvalue weighted by Gasteiger charge is 2.25. The van der Waals surface area contributed by atoms with Crippen molar-refractivity contribution < 1.29 is 0 Å². The zero-order valence-corrected chi connectivity index (χ0v) is 6.33. The van der Waals surface area contributed by atoms with Crippen LogP contribution >= 0.6 is 0 Å². The van der Waals surface area contributed by atoms with Gasteiger partial charge in [0.1, 0.15) is 0 Å². The first kappa shape index (κ1) is 7.74. The van der Waals surface area contributed by atoms with Crippen LogP contribution in [-0.4, -0.2) is 11.8 Å². The van der Waals surface area contributed by atoms with Gasteiger partial charge in [0.05, 0.1) is 18.0 Å². The molecule has 0 fully saturated rings. The zero-order chi connectivity index (χ0) is 8.16. The minimum atomic E-state index is -0.295. The van der Waals surface area contributed by atoms with Crippen LogP contribution in [0.2, 0.25) is 0 Å². The monoisotopic (exact) mass is 146 g/mol. The van der Waals surface area contributed by atoms with Crippen molar-refractivity contribution in [1.82, 2.24) is 0 Å². The van der Waals surface area contributed by atoms with Crippen LogP contribution in [0.1, 0.15) is 12.8 Å². The third-order valence-corrected chi connectivity index (χ3v) is 1.71. The van der Waals surface area contributed by atoms with Crippen LogP contribution in [-0.2, 0) is 0 Å². The summed E-state index contributed by atoms with van der Waals surface area (Å²) in [5.41, 5.74) is -0.295. The third-order valence-electron chi connectivity index (χ3n) is 1.71. The quantitative estimate of drug-likeness (QED) is 0.560. The second kappa shape index (κ2) is 3.16. The summed E-state index contributed by atoms with van der Waals surface area (Å²) in [4.78, 5) is 4.22. The first-order valence-corrected chi connectivity index (χ1v) is 3.54. The Morgan fingerprint density at radius 3 is 3.00 bits per heavy atom. The van der Waals surface area contributed by atoms with Crippen molar-refractivity contribution in [2.24, 2.45) is 4.99 Å². The summed E-state index contributed by atoms with van der Waals surface area (Å²) >= 11 is 0. The van der Waals surface area contributed by atoms with E-state index in [2.05, 4.69) is 17.6 Å². The first-order valence-electron chi connectivity index (χ1n) is 3.54. The highest BCUT2D eigenvalue weighted by atomic mass is 14.9. The van der Waals surface area contributed by atoms with Gasteiger partial charge in [-0.25, -0.2) is 0 Å². The molecule has 0 bridgehead atoms. The van der Waals surface area contributed by atoms with Crippen molar-refractivity contribution in [3.8, 4) is 6.07 Å². The van der Waals surface area contributed by atoms with Crippen molar-refractivity contribution in [1.29, 1.82) is 5.26 Å². The lowest BCUT2D eigenvalue weighted by atomic mass is 9.94. The molecule has 0 aromatic heterocycles. The number of allylic oxidation sites excluding steroid dienone is 1. The molecule has 11 heavy (non-hydrogen) atoms. The Bertz CT molecular complexity index is 231. The SMILES string of the molecule is C=CCC1(CC#N)C=CC=N1. The van der Waals surface area contributed by atoms with Crippen LogP contribution in [0.4, 0.5) is 0 Å². The lowest BCUT2D eigenvalue weighted by Crippen LogP contribution is -2.19. The smallest absolute Gasteiger partial charge is 0.0954 e. The standard InChI is InChI=1S/C9H10N2/c1-2-4-9(6-7-10)5-3-8-11-9/h2-3,5,8H,1,4,6H2. The van der Waals surface area contributed by atoms with Gasteiger partial charge in [-0.3, -0.25) is 4.99 Å². The van der Waals surface area contributed by atoms with E-state index in [-0.39, 0.29) is 5.54 Å². The van der Waals surface area contributed by atoms with E-state index in [1.807, 2.05) is 12.2 Å². The summed E-state index contributed by atoms with van der Waals surface area (Å²) in [7, 11) is 0. The largest absolute Gasteiger partial charge is 0.281 e. The van der Waals surface area contributed by atoms with Crippen molar-refractivity contribution in [3.63, 3.8) is 0 Å². The molecule has 1 atom stereocenters. The number of nitrogens with zero attached hydrogens (tertiary/aromatic N) is 2. The van der Waals surface area contributed by atoms with E-state index in [4.69, 9.17) is 5.26 Å². The van der Waals surface area contributed by atoms with Gasteiger partial charge in [0.2, 0.25) is 0 Å². The Balaban J connectivity index is 2.73. The van der Waals surface area contributed by atoms with E-state index in [9.17, 15) is 0 Å². The van der Waals surface area contributed by atoms with E-state index >= 15 is 0 Å². The molecule has 0 N–H and O–H groups in total. The van der Waals surface area contributed by atoms with E-state index in [1.54, 1.807) is 12.3 Å². The number of rotatable bonds is 3. The minimum Gasteiger partial charge on any atom is -0.281 e. The third kappa shape index (κ3) is 1.56. The van der Waals surface area contributed by atoms with Crippen LogP contribution in [0.25, 0.3) is 0 Å². The molecule has 0 amide bonds. The number of hydrogen-bond acceptors (Lipinski definition) is 2. The molecule has 1 aliphatic heterocycles. The molecule has 0 aromatic carbocycles. The van der Waals surface area contributed by atoms with Gasteiger partial charge in [-0.05, 0) is 12.5 Å². The van der Waals surface area contributed by atoms with Crippen molar-refractivity contribution >= 4 is 6.21 Å². The normalized spacial score (nSPS) is 26.8. The van der Waals surface area contributed by atoms with E-state index in [0.29, 0.717) is 6.42 Å². The maximum atomic E-state index is 8.53. The number of nitriles is 1. The molecular formula is C9H10N2. The van der Waals surface area contributed by atoms with E-state index in [1.165, 1.54) is 0 Å². The molecule has 2 nitrogen and oxygen atoms in total. The van der Waals surface area contributed by atoms with E-state index in [0.717, 1.165) is 6.42 Å². The molecule has 0 radical (unpaired) electrons. The second-order valence-electron chi connectivity index (χ2n) is 2.57. The predicted molar refractivity (Wildman–Crippen MR) is 45.4 cm³/mol. The van der Waals surface area contributed by atoms with Gasteiger partial charge in [-0.1, -0.05) is 12.2 Å². The molecule has 1 aliphatic rings. The Morgan fingerprint density at radius 1 is 1.73 bits per heavy atom. The Hall–Kier alpha value is -1.36. The molecule has 56 valence electrons. The maximum absolute atomic E-state index is 8.53. The van der Waals surface area contributed by atoms with Gasteiger partial charge in [0, 0.05) is 6.21 Å². The maximum Gasteiger partial charge on any atom is 0.0954 e. The highest BCUT2D eigenvalue weighted by molar-refractivity contribution is 5.75. The summed E-state index contributed by atoms with van der Waals surface area (Å²) in [5, 5.41) is 8.53. The Kier molecular flexibility index (Phi) is 2.22. The first-order chi connectivity index (χ1) is 5.33. The van der Waals surface area contributed by atoms with Gasteiger partial charge >= 0.3 is 0 Å². The molecular weight excluding hydrogens is 136 g/mol. The predicted octanol–water partition coefficient (Wildman–Crippen LogP) is 1.86. The summed E-state index contributed by atoms with van der Waals surface area (Å²) in [6.45, 7) is 3.63. The summed E-state index contributed by atoms with van der Waals surface area (Å²) in [5.74, 6) is 0. The molecule has 1 heterocycles. The topological polar surface area (TPSA) is 36.1 Å². The number of hydrogen-bond donors (Lipinski definition) is 0. The van der Waals surface area contributed by atoms with Gasteiger partial charge < -0.3 is 0 Å². The summed E-state index contributed by atoms with van der Waals surface area (Å²) < 4.78 is 0. The lowest BCUT2D eigenvalue weighted by Gasteiger charge is -2.17. The fraction of sp³-hybridized carbons (Fsp3) is 0.333. The molecule has 0 saturated carbocycles. The molecule has 0 spiro atoms. The van der Waals surface area contributed by atoms with Crippen LogP contribution in [0, 0.1) is 11.3 Å². The van der Waals surface area contributed by atoms with Crippen molar-refractivity contribution in [2.75, 3.05) is 0 Å². The average Bonchev–Trinajstić information content (AvgIpc) is 2.39. The summed E-state index contributed by atoms with van der Waals surface area (Å²) in [6.07, 6.45) is 8.55. The Labute approximate surface area is 66.6 Å². The molecule has 0 aromatic rings. The fourth-order valence-corrected chi connectivity index (χ4v) is 1.14. The molecule has 2 heteroatoms. The van der Waals surface area contributed by atoms with Gasteiger partial charge in [0.25, 0.3) is 0 Å². The average molecular weight is 146 g/mol. The molecule has 1 unspecified atom stereocenters. The molecule has 0 saturated heterocycles. The van der Waals surface area contributed by atoms with Crippen molar-refractivity contribution in [2.45, 2.75) is 18.4 Å². The zero-order valence-electron chi connectivity index (χ0n) is 6.33. The van der Waals surface area contributed by atoms with Crippen molar-refractivity contribution in [3.05, 3.63) is 24.8 Å². The summed E-state index contributed by atoms with van der Waals surface area (Å²) in [6, 6.07) is 2.12. The van der Waals surface area contributed by atoms with Crippen LogP contribution < -0.4 is 0 Å². The van der Waals surface area contributed by atoms with Crippen LogP contribution in [0.3, 0.4) is 0 Å². The fourth-order valence-electron chi connectivity index (χ4n) is 1.14. The molecule has 0 aliphatic carbocycles. The van der Waals surface area contributed by atoms with Gasteiger partial charge in [-0.15, -0.1) is 6.58 Å². The highest BCUT2D eigenvalue weighted by Crippen LogP contribution is 2.25. The minimum absolute atomic E-state index is 0.295. The molecule has 1 rings (SSSR count). The Morgan fingerprint density at radius 2 is 2.55 bits per heavy atom. The van der Waals surface area contributed by atoms with E-state index < -0.39 is 0 Å². The lowest BCUT2D eigenvalue weighted by molar-refractivity contribution is 0.563.